The van der Waals surface area contributed by atoms with Crippen LogP contribution in [0.5, 0.6) is 0 Å². The van der Waals surface area contributed by atoms with E-state index in [4.69, 9.17) is 11.6 Å². The Morgan fingerprint density at radius 3 is 2.61 bits per heavy atom. The van der Waals surface area contributed by atoms with Gasteiger partial charge in [0.1, 0.15) is 11.0 Å². The van der Waals surface area contributed by atoms with Crippen molar-refractivity contribution in [3.05, 3.63) is 51.3 Å². The molecular weight excluding hydrogens is 268 g/mol. The fraction of sp³-hybridized carbons (Fsp3) is 0. The van der Waals surface area contributed by atoms with Crippen molar-refractivity contribution in [1.29, 1.82) is 0 Å². The van der Waals surface area contributed by atoms with Crippen LogP contribution in [0.15, 0.2) is 24.4 Å². The molecule has 0 aliphatic carbocycles. The summed E-state index contributed by atoms with van der Waals surface area (Å²) in [7, 11) is 0. The number of rotatable bonds is 2. The molecule has 1 heterocycles. The largest absolute Gasteiger partial charge is 0.305 e. The van der Waals surface area contributed by atoms with Gasteiger partial charge in [0.25, 0.3) is 0 Å². The molecule has 5 nitrogen and oxygen atoms in total. The molecule has 0 N–H and O–H groups in total. The second-order valence-corrected chi connectivity index (χ2v) is 3.60. The van der Waals surface area contributed by atoms with Crippen LogP contribution in [-0.4, -0.2) is 14.9 Å². The van der Waals surface area contributed by atoms with Crippen molar-refractivity contribution < 1.29 is 13.7 Å². The number of nitro groups is 1. The number of nitro benzene ring substituents is 1. The Balaban J connectivity index is 2.70. The Kier molecular flexibility index (Phi) is 3.15. The smallest absolute Gasteiger partial charge is 0.258 e. The highest BCUT2D eigenvalue weighted by molar-refractivity contribution is 6.29. The summed E-state index contributed by atoms with van der Waals surface area (Å²) in [6, 6.07) is 2.83. The molecule has 18 heavy (non-hydrogen) atoms. The second-order valence-electron chi connectivity index (χ2n) is 3.22. The first-order valence-corrected chi connectivity index (χ1v) is 5.00. The number of nitrogens with zero attached hydrogens (tertiary/aromatic N) is 3. The van der Waals surface area contributed by atoms with Crippen LogP contribution in [0.25, 0.3) is 11.4 Å². The summed E-state index contributed by atoms with van der Waals surface area (Å²) in [5.74, 6) is -2.68. The molecule has 0 aliphatic heterocycles. The topological polar surface area (TPSA) is 68.9 Å². The van der Waals surface area contributed by atoms with Crippen LogP contribution in [-0.2, 0) is 0 Å². The SMILES string of the molecule is O=[N+]([O-])c1ccc(F)c(-c2nccc(Cl)n2)c1F. The number of halogens is 3. The van der Waals surface area contributed by atoms with E-state index in [0.717, 1.165) is 12.1 Å². The zero-order chi connectivity index (χ0) is 13.3. The van der Waals surface area contributed by atoms with Gasteiger partial charge in [-0.1, -0.05) is 11.6 Å². The van der Waals surface area contributed by atoms with Gasteiger partial charge in [-0.25, -0.2) is 14.4 Å². The zero-order valence-corrected chi connectivity index (χ0v) is 9.36. The average molecular weight is 272 g/mol. The predicted molar refractivity (Wildman–Crippen MR) is 59.0 cm³/mol. The summed E-state index contributed by atoms with van der Waals surface area (Å²) in [5, 5.41) is 10.5. The molecule has 0 saturated carbocycles. The van der Waals surface area contributed by atoms with E-state index < -0.39 is 27.8 Å². The predicted octanol–water partition coefficient (Wildman–Crippen LogP) is 2.98. The van der Waals surface area contributed by atoms with E-state index in [1.165, 1.54) is 12.3 Å². The molecule has 0 spiro atoms. The third-order valence-electron chi connectivity index (χ3n) is 2.11. The third kappa shape index (κ3) is 2.12. The minimum Gasteiger partial charge on any atom is -0.258 e. The minimum atomic E-state index is -1.33. The highest BCUT2D eigenvalue weighted by atomic mass is 35.5. The molecule has 8 heteroatoms. The summed E-state index contributed by atoms with van der Waals surface area (Å²) in [6.45, 7) is 0. The van der Waals surface area contributed by atoms with Gasteiger partial charge in [0, 0.05) is 12.3 Å². The van der Waals surface area contributed by atoms with Crippen molar-refractivity contribution >= 4 is 17.3 Å². The molecule has 0 radical (unpaired) electrons. The van der Waals surface area contributed by atoms with Gasteiger partial charge in [0.05, 0.1) is 10.5 Å². The van der Waals surface area contributed by atoms with E-state index in [2.05, 4.69) is 9.97 Å². The lowest BCUT2D eigenvalue weighted by Gasteiger charge is -2.04. The molecule has 1 aromatic heterocycles. The van der Waals surface area contributed by atoms with Crippen molar-refractivity contribution in [3.8, 4) is 11.4 Å². The van der Waals surface area contributed by atoms with Gasteiger partial charge in [-0.15, -0.1) is 0 Å². The van der Waals surface area contributed by atoms with Crippen LogP contribution in [0.2, 0.25) is 5.15 Å². The van der Waals surface area contributed by atoms with Crippen LogP contribution in [0.1, 0.15) is 0 Å². The van der Waals surface area contributed by atoms with Crippen LogP contribution < -0.4 is 0 Å². The summed E-state index contributed by atoms with van der Waals surface area (Å²) in [4.78, 5) is 16.9. The average Bonchev–Trinajstić information content (AvgIpc) is 2.28. The van der Waals surface area contributed by atoms with E-state index >= 15 is 0 Å². The van der Waals surface area contributed by atoms with E-state index in [0.29, 0.717) is 0 Å². The molecule has 0 aliphatic rings. The van der Waals surface area contributed by atoms with Gasteiger partial charge in [0.2, 0.25) is 5.82 Å². The van der Waals surface area contributed by atoms with Crippen LogP contribution in [0, 0.1) is 21.7 Å². The van der Waals surface area contributed by atoms with Crippen molar-refractivity contribution in [2.24, 2.45) is 0 Å². The molecule has 1 aromatic carbocycles. The third-order valence-corrected chi connectivity index (χ3v) is 2.32. The monoisotopic (exact) mass is 271 g/mol. The van der Waals surface area contributed by atoms with Crippen LogP contribution in [0.4, 0.5) is 14.5 Å². The summed E-state index contributed by atoms with van der Waals surface area (Å²) in [5.41, 5.74) is -1.53. The summed E-state index contributed by atoms with van der Waals surface area (Å²) in [6.07, 6.45) is 1.20. The number of hydrogen-bond donors (Lipinski definition) is 0. The van der Waals surface area contributed by atoms with Crippen LogP contribution >= 0.6 is 11.6 Å². The molecule has 2 rings (SSSR count). The molecule has 92 valence electrons. The second kappa shape index (κ2) is 4.61. The van der Waals surface area contributed by atoms with Crippen molar-refractivity contribution in [3.63, 3.8) is 0 Å². The highest BCUT2D eigenvalue weighted by Crippen LogP contribution is 2.29. The van der Waals surface area contributed by atoms with Gasteiger partial charge in [-0.3, -0.25) is 10.1 Å². The molecule has 0 fully saturated rings. The van der Waals surface area contributed by atoms with E-state index in [1.54, 1.807) is 0 Å². The Bertz CT molecular complexity index is 637. The van der Waals surface area contributed by atoms with Gasteiger partial charge in [-0.2, -0.15) is 4.39 Å². The lowest BCUT2D eigenvalue weighted by molar-refractivity contribution is -0.387. The van der Waals surface area contributed by atoms with Gasteiger partial charge in [-0.05, 0) is 12.1 Å². The fourth-order valence-corrected chi connectivity index (χ4v) is 1.48. The highest BCUT2D eigenvalue weighted by Gasteiger charge is 2.24. The number of benzene rings is 1. The molecule has 0 unspecified atom stereocenters. The standard InChI is InChI=1S/C10H4ClF2N3O2/c11-7-3-4-14-10(15-7)8-5(12)1-2-6(9(8)13)16(17)18/h1-4H. The van der Waals surface area contributed by atoms with Crippen LogP contribution in [0.3, 0.4) is 0 Å². The Labute approximate surface area is 104 Å². The molecule has 0 amide bonds. The number of aromatic nitrogens is 2. The van der Waals surface area contributed by atoms with Gasteiger partial charge >= 0.3 is 5.69 Å². The van der Waals surface area contributed by atoms with Gasteiger partial charge < -0.3 is 0 Å². The number of hydrogen-bond acceptors (Lipinski definition) is 4. The zero-order valence-electron chi connectivity index (χ0n) is 8.60. The first-order chi connectivity index (χ1) is 8.50. The fourth-order valence-electron chi connectivity index (χ4n) is 1.34. The van der Waals surface area contributed by atoms with Crippen molar-refractivity contribution in [1.82, 2.24) is 9.97 Å². The Hall–Kier alpha value is -2.15. The maximum Gasteiger partial charge on any atom is 0.305 e. The first kappa shape index (κ1) is 12.3. The van der Waals surface area contributed by atoms with E-state index in [1.807, 2.05) is 0 Å². The summed E-state index contributed by atoms with van der Waals surface area (Å²) >= 11 is 5.57. The molecular formula is C10H4ClF2N3O2. The molecule has 2 aromatic rings. The molecule has 0 atom stereocenters. The van der Waals surface area contributed by atoms with Crippen molar-refractivity contribution in [2.45, 2.75) is 0 Å². The Morgan fingerprint density at radius 1 is 1.28 bits per heavy atom. The summed E-state index contributed by atoms with van der Waals surface area (Å²) < 4.78 is 27.3. The van der Waals surface area contributed by atoms with Crippen molar-refractivity contribution in [2.75, 3.05) is 0 Å². The lowest BCUT2D eigenvalue weighted by Crippen LogP contribution is -2.00. The van der Waals surface area contributed by atoms with E-state index in [-0.39, 0.29) is 11.0 Å². The maximum absolute atomic E-state index is 13.8. The maximum atomic E-state index is 13.8. The van der Waals surface area contributed by atoms with E-state index in [9.17, 15) is 18.9 Å². The normalized spacial score (nSPS) is 10.4. The quantitative estimate of drug-likeness (QED) is 0.478. The lowest BCUT2D eigenvalue weighted by atomic mass is 10.1. The molecule has 0 saturated heterocycles. The Morgan fingerprint density at radius 2 is 2.00 bits per heavy atom. The molecule has 0 bridgehead atoms. The minimum absolute atomic E-state index is 0.0229. The van der Waals surface area contributed by atoms with Gasteiger partial charge in [0.15, 0.2) is 5.82 Å². The first-order valence-electron chi connectivity index (χ1n) is 4.62.